The van der Waals surface area contributed by atoms with Crippen molar-refractivity contribution in [1.82, 2.24) is 15.0 Å². The molecular formula is C10H12BrN5O2S. The summed E-state index contributed by atoms with van der Waals surface area (Å²) in [4.78, 5) is 20.2. The molecule has 0 aliphatic rings. The van der Waals surface area contributed by atoms with Crippen LogP contribution in [-0.4, -0.2) is 32.2 Å². The van der Waals surface area contributed by atoms with E-state index in [0.29, 0.717) is 12.4 Å². The van der Waals surface area contributed by atoms with Crippen LogP contribution in [0.25, 0.3) is 0 Å². The number of nitrogens with zero attached hydrogens (tertiary/aromatic N) is 2. The Balaban J connectivity index is 1.71. The largest absolute Gasteiger partial charge is 0.365 e. The summed E-state index contributed by atoms with van der Waals surface area (Å²) in [5, 5.41) is 13.7. The molecule has 0 fully saturated rings. The van der Waals surface area contributed by atoms with Gasteiger partial charge < -0.3 is 15.3 Å². The van der Waals surface area contributed by atoms with Gasteiger partial charge in [0.2, 0.25) is 0 Å². The standard InChI is InChI=1S/C10H12BrN5O2S/c11-9-7(14-6-15-9)5-19-4-3-13-10-8(16(17)18)1-2-12-10/h1-2,6,12-13H,3-5H2,(H,14,15). The number of nitro groups is 1. The molecule has 19 heavy (non-hydrogen) atoms. The lowest BCUT2D eigenvalue weighted by molar-refractivity contribution is -0.383. The summed E-state index contributed by atoms with van der Waals surface area (Å²) in [6.45, 7) is 0.651. The van der Waals surface area contributed by atoms with E-state index in [-0.39, 0.29) is 5.69 Å². The summed E-state index contributed by atoms with van der Waals surface area (Å²) in [7, 11) is 0. The van der Waals surface area contributed by atoms with Crippen LogP contribution in [-0.2, 0) is 5.75 Å². The maximum Gasteiger partial charge on any atom is 0.310 e. The molecule has 0 aliphatic heterocycles. The van der Waals surface area contributed by atoms with Gasteiger partial charge in [-0.2, -0.15) is 11.8 Å². The van der Waals surface area contributed by atoms with Crippen molar-refractivity contribution >= 4 is 39.2 Å². The SMILES string of the molecule is O=[N+]([O-])c1cc[nH]c1NCCSCc1[nH]cnc1Br. The summed E-state index contributed by atoms with van der Waals surface area (Å²) < 4.78 is 0.827. The van der Waals surface area contributed by atoms with Crippen LogP contribution >= 0.6 is 27.7 Å². The van der Waals surface area contributed by atoms with Crippen molar-refractivity contribution in [2.24, 2.45) is 0 Å². The molecule has 102 valence electrons. The van der Waals surface area contributed by atoms with Crippen molar-refractivity contribution in [3.63, 3.8) is 0 Å². The quantitative estimate of drug-likeness (QED) is 0.407. The van der Waals surface area contributed by atoms with Crippen molar-refractivity contribution in [3.8, 4) is 0 Å². The van der Waals surface area contributed by atoms with Crippen molar-refractivity contribution in [2.75, 3.05) is 17.6 Å². The smallest absolute Gasteiger partial charge is 0.310 e. The lowest BCUT2D eigenvalue weighted by atomic mass is 10.5. The van der Waals surface area contributed by atoms with Crippen LogP contribution in [0.4, 0.5) is 11.5 Å². The van der Waals surface area contributed by atoms with Crippen LogP contribution in [0.1, 0.15) is 5.69 Å². The van der Waals surface area contributed by atoms with Crippen LogP contribution in [0.3, 0.4) is 0 Å². The molecule has 0 unspecified atom stereocenters. The van der Waals surface area contributed by atoms with Gasteiger partial charge in [-0.05, 0) is 15.9 Å². The van der Waals surface area contributed by atoms with Gasteiger partial charge in [0.1, 0.15) is 4.60 Å². The number of anilines is 1. The molecule has 0 spiro atoms. The van der Waals surface area contributed by atoms with Gasteiger partial charge in [0.05, 0.1) is 16.9 Å². The molecule has 0 saturated heterocycles. The van der Waals surface area contributed by atoms with E-state index in [2.05, 4.69) is 36.2 Å². The van der Waals surface area contributed by atoms with E-state index >= 15 is 0 Å². The fraction of sp³-hybridized carbons (Fsp3) is 0.300. The zero-order chi connectivity index (χ0) is 13.7. The number of hydrogen-bond acceptors (Lipinski definition) is 5. The Hall–Kier alpha value is -1.48. The van der Waals surface area contributed by atoms with Gasteiger partial charge in [-0.1, -0.05) is 0 Å². The normalized spacial score (nSPS) is 10.6. The highest BCUT2D eigenvalue weighted by Crippen LogP contribution is 2.22. The average molecular weight is 346 g/mol. The highest BCUT2D eigenvalue weighted by atomic mass is 79.9. The molecule has 3 N–H and O–H groups in total. The summed E-state index contributed by atoms with van der Waals surface area (Å²) in [5.74, 6) is 2.10. The summed E-state index contributed by atoms with van der Waals surface area (Å²) in [5.41, 5.74) is 1.11. The molecule has 2 aromatic rings. The third-order valence-electron chi connectivity index (χ3n) is 2.38. The van der Waals surface area contributed by atoms with Crippen molar-refractivity contribution in [3.05, 3.63) is 39.0 Å². The van der Waals surface area contributed by atoms with E-state index in [1.54, 1.807) is 24.3 Å². The van der Waals surface area contributed by atoms with Crippen LogP contribution in [0.15, 0.2) is 23.2 Å². The van der Waals surface area contributed by atoms with E-state index < -0.39 is 4.92 Å². The molecule has 0 aliphatic carbocycles. The zero-order valence-corrected chi connectivity index (χ0v) is 12.3. The Morgan fingerprint density at radius 3 is 3.05 bits per heavy atom. The number of aromatic amines is 2. The lowest BCUT2D eigenvalue weighted by Crippen LogP contribution is -2.06. The molecule has 0 radical (unpaired) electrons. The highest BCUT2D eigenvalue weighted by molar-refractivity contribution is 9.10. The second kappa shape index (κ2) is 6.62. The minimum atomic E-state index is -0.409. The monoisotopic (exact) mass is 345 g/mol. The Bertz CT molecular complexity index is 556. The van der Waals surface area contributed by atoms with Crippen molar-refractivity contribution in [1.29, 1.82) is 0 Å². The second-order valence-corrected chi connectivity index (χ2v) is 5.50. The number of hydrogen-bond donors (Lipinski definition) is 3. The average Bonchev–Trinajstić information content (AvgIpc) is 2.98. The van der Waals surface area contributed by atoms with Gasteiger partial charge in [-0.15, -0.1) is 0 Å². The van der Waals surface area contributed by atoms with Crippen LogP contribution < -0.4 is 5.32 Å². The predicted octanol–water partition coefficient (Wildman–Crippen LogP) is 2.75. The minimum absolute atomic E-state index is 0.0707. The first-order chi connectivity index (χ1) is 9.18. The van der Waals surface area contributed by atoms with Crippen molar-refractivity contribution < 1.29 is 4.92 Å². The van der Waals surface area contributed by atoms with E-state index in [1.807, 2.05) is 0 Å². The molecule has 2 rings (SSSR count). The van der Waals surface area contributed by atoms with Gasteiger partial charge in [0.15, 0.2) is 5.82 Å². The first-order valence-corrected chi connectivity index (χ1v) is 7.44. The predicted molar refractivity (Wildman–Crippen MR) is 78.4 cm³/mol. The Morgan fingerprint density at radius 1 is 1.53 bits per heavy atom. The lowest BCUT2D eigenvalue weighted by Gasteiger charge is -2.03. The van der Waals surface area contributed by atoms with Crippen molar-refractivity contribution in [2.45, 2.75) is 5.75 Å². The summed E-state index contributed by atoms with van der Waals surface area (Å²) in [6.07, 6.45) is 3.19. The molecule has 0 saturated carbocycles. The van der Waals surface area contributed by atoms with Gasteiger partial charge in [-0.3, -0.25) is 10.1 Å². The van der Waals surface area contributed by atoms with Crippen LogP contribution in [0.5, 0.6) is 0 Å². The molecule has 0 bridgehead atoms. The number of H-pyrrole nitrogens is 2. The maximum absolute atomic E-state index is 10.7. The highest BCUT2D eigenvalue weighted by Gasteiger charge is 2.13. The fourth-order valence-electron chi connectivity index (χ4n) is 1.48. The van der Waals surface area contributed by atoms with E-state index in [4.69, 9.17) is 0 Å². The maximum atomic E-state index is 10.7. The molecule has 9 heteroatoms. The van der Waals surface area contributed by atoms with Crippen LogP contribution in [0, 0.1) is 10.1 Å². The van der Waals surface area contributed by atoms with Gasteiger partial charge in [0, 0.05) is 30.3 Å². The number of halogens is 1. The molecule has 2 heterocycles. The first kappa shape index (κ1) is 13.9. The third kappa shape index (κ3) is 3.74. The Kier molecular flexibility index (Phi) is 4.86. The van der Waals surface area contributed by atoms with Crippen LogP contribution in [0.2, 0.25) is 0 Å². The number of rotatable bonds is 7. The van der Waals surface area contributed by atoms with Gasteiger partial charge >= 0.3 is 5.69 Å². The number of imidazole rings is 1. The Morgan fingerprint density at radius 2 is 2.37 bits per heavy atom. The summed E-state index contributed by atoms with van der Waals surface area (Å²) >= 11 is 5.05. The van der Waals surface area contributed by atoms with E-state index in [0.717, 1.165) is 21.8 Å². The van der Waals surface area contributed by atoms with E-state index in [9.17, 15) is 10.1 Å². The molecular weight excluding hydrogens is 334 g/mol. The Labute approximate surface area is 121 Å². The fourth-order valence-corrected chi connectivity index (χ4v) is 2.84. The number of aromatic nitrogens is 3. The zero-order valence-electron chi connectivity index (χ0n) is 9.85. The summed E-state index contributed by atoms with van der Waals surface area (Å²) in [6, 6.07) is 1.44. The molecule has 2 aromatic heterocycles. The number of nitrogens with one attached hydrogen (secondary N) is 3. The molecule has 0 amide bonds. The molecule has 0 aromatic carbocycles. The van der Waals surface area contributed by atoms with E-state index in [1.165, 1.54) is 6.07 Å². The minimum Gasteiger partial charge on any atom is -0.365 e. The second-order valence-electron chi connectivity index (χ2n) is 3.65. The van der Waals surface area contributed by atoms with Gasteiger partial charge in [-0.25, -0.2) is 4.98 Å². The molecule has 0 atom stereocenters. The van der Waals surface area contributed by atoms with Gasteiger partial charge in [0.25, 0.3) is 0 Å². The first-order valence-electron chi connectivity index (χ1n) is 5.49. The number of thioether (sulfide) groups is 1. The molecule has 7 nitrogen and oxygen atoms in total. The topological polar surface area (TPSA) is 99.6 Å². The third-order valence-corrected chi connectivity index (χ3v) is 4.05.